The minimum Gasteiger partial charge on any atom is -0.394 e. The molecular formula is C47H89NO4. The van der Waals surface area contributed by atoms with Crippen molar-refractivity contribution in [2.45, 2.75) is 250 Å². The van der Waals surface area contributed by atoms with Crippen molar-refractivity contribution in [1.29, 1.82) is 0 Å². The van der Waals surface area contributed by atoms with Crippen LogP contribution in [0.1, 0.15) is 232 Å². The summed E-state index contributed by atoms with van der Waals surface area (Å²) in [5.41, 5.74) is 0. The van der Waals surface area contributed by atoms with E-state index in [4.69, 9.17) is 0 Å². The highest BCUT2D eigenvalue weighted by Crippen LogP contribution is 2.15. The molecule has 0 aliphatic heterocycles. The summed E-state index contributed by atoms with van der Waals surface area (Å²) in [4.78, 5) is 12.4. The predicted octanol–water partition coefficient (Wildman–Crippen LogP) is 13.2. The van der Waals surface area contributed by atoms with Gasteiger partial charge in [-0.05, 0) is 57.8 Å². The van der Waals surface area contributed by atoms with Gasteiger partial charge in [0.2, 0.25) is 5.91 Å². The molecule has 0 aromatic rings. The van der Waals surface area contributed by atoms with Crippen molar-refractivity contribution in [3.63, 3.8) is 0 Å². The van der Waals surface area contributed by atoms with Gasteiger partial charge in [-0.25, -0.2) is 0 Å². The van der Waals surface area contributed by atoms with Gasteiger partial charge in [0.05, 0.1) is 31.3 Å². The predicted molar refractivity (Wildman–Crippen MR) is 227 cm³/mol. The van der Waals surface area contributed by atoms with Crippen LogP contribution in [0.5, 0.6) is 0 Å². The lowest BCUT2D eigenvalue weighted by atomic mass is 10.0. The van der Waals surface area contributed by atoms with Gasteiger partial charge >= 0.3 is 0 Å². The van der Waals surface area contributed by atoms with Gasteiger partial charge in [-0.2, -0.15) is 0 Å². The smallest absolute Gasteiger partial charge is 0.222 e. The highest BCUT2D eigenvalue weighted by molar-refractivity contribution is 5.76. The number of rotatable bonds is 41. The van der Waals surface area contributed by atoms with E-state index in [1.54, 1.807) is 6.08 Å². The molecule has 0 rings (SSSR count). The third-order valence-corrected chi connectivity index (χ3v) is 10.4. The fourth-order valence-electron chi connectivity index (χ4n) is 6.88. The lowest BCUT2D eigenvalue weighted by Crippen LogP contribution is -2.45. The van der Waals surface area contributed by atoms with E-state index in [2.05, 4.69) is 43.5 Å². The minimum atomic E-state index is -0.953. The molecule has 3 unspecified atom stereocenters. The summed E-state index contributed by atoms with van der Waals surface area (Å²) in [6.07, 6.45) is 53.0. The molecule has 5 heteroatoms. The average molecular weight is 732 g/mol. The average Bonchev–Trinajstić information content (AvgIpc) is 3.14. The number of hydrogen-bond donors (Lipinski definition) is 4. The number of aliphatic hydroxyl groups excluding tert-OH is 3. The molecule has 0 saturated carbocycles. The van der Waals surface area contributed by atoms with Gasteiger partial charge in [-0.3, -0.25) is 4.79 Å². The molecular weight excluding hydrogens is 643 g/mol. The molecule has 0 radical (unpaired) electrons. The maximum Gasteiger partial charge on any atom is 0.222 e. The molecule has 1 amide bonds. The van der Waals surface area contributed by atoms with Gasteiger partial charge < -0.3 is 20.6 Å². The maximum atomic E-state index is 12.4. The SMILES string of the molecule is CCCCCC/C=C\CCCCCCCC(O)CC(=O)NC(CO)C(O)/C=C/CC/C=C/CCCCCCCCCCCCCCCCCCCC. The van der Waals surface area contributed by atoms with Crippen LogP contribution >= 0.6 is 0 Å². The van der Waals surface area contributed by atoms with E-state index in [-0.39, 0.29) is 18.9 Å². The zero-order valence-corrected chi connectivity index (χ0v) is 34.7. The van der Waals surface area contributed by atoms with Gasteiger partial charge in [0.25, 0.3) is 0 Å². The Balaban J connectivity index is 3.67. The van der Waals surface area contributed by atoms with Crippen LogP contribution in [-0.4, -0.2) is 46.1 Å². The summed E-state index contributed by atoms with van der Waals surface area (Å²) >= 11 is 0. The van der Waals surface area contributed by atoms with Crippen molar-refractivity contribution in [3.8, 4) is 0 Å². The van der Waals surface area contributed by atoms with E-state index in [1.807, 2.05) is 6.08 Å². The normalized spacial score (nSPS) is 13.9. The Kier molecular flexibility index (Phi) is 41.1. The fraction of sp³-hybridized carbons (Fsp3) is 0.851. The first-order valence-corrected chi connectivity index (χ1v) is 22.8. The summed E-state index contributed by atoms with van der Waals surface area (Å²) in [5, 5.41) is 33.2. The van der Waals surface area contributed by atoms with Gasteiger partial charge in [-0.15, -0.1) is 0 Å². The number of aliphatic hydroxyl groups is 3. The van der Waals surface area contributed by atoms with Gasteiger partial charge in [0.1, 0.15) is 0 Å². The van der Waals surface area contributed by atoms with E-state index in [0.717, 1.165) is 44.9 Å². The molecule has 0 aromatic heterocycles. The molecule has 0 aromatic carbocycles. The fourth-order valence-corrected chi connectivity index (χ4v) is 6.88. The minimum absolute atomic E-state index is 0.000253. The highest BCUT2D eigenvalue weighted by Gasteiger charge is 2.20. The molecule has 0 fully saturated rings. The van der Waals surface area contributed by atoms with Crippen LogP contribution in [0.3, 0.4) is 0 Å². The summed E-state index contributed by atoms with van der Waals surface area (Å²) in [6.45, 7) is 4.19. The summed E-state index contributed by atoms with van der Waals surface area (Å²) in [5.74, 6) is -0.331. The molecule has 0 bridgehead atoms. The Morgan fingerprint density at radius 1 is 0.481 bits per heavy atom. The van der Waals surface area contributed by atoms with E-state index in [0.29, 0.717) is 6.42 Å². The number of carbonyl (C=O) groups is 1. The first kappa shape index (κ1) is 50.6. The zero-order chi connectivity index (χ0) is 38.0. The molecule has 0 heterocycles. The van der Waals surface area contributed by atoms with Crippen molar-refractivity contribution in [1.82, 2.24) is 5.32 Å². The number of unbranched alkanes of at least 4 members (excludes halogenated alkanes) is 28. The van der Waals surface area contributed by atoms with E-state index < -0.39 is 18.2 Å². The van der Waals surface area contributed by atoms with Gasteiger partial charge in [0.15, 0.2) is 0 Å². The lowest BCUT2D eigenvalue weighted by molar-refractivity contribution is -0.124. The molecule has 306 valence electrons. The van der Waals surface area contributed by atoms with Gasteiger partial charge in [0, 0.05) is 0 Å². The van der Waals surface area contributed by atoms with Crippen LogP contribution in [0.4, 0.5) is 0 Å². The first-order chi connectivity index (χ1) is 25.5. The van der Waals surface area contributed by atoms with Crippen molar-refractivity contribution >= 4 is 5.91 Å². The second-order valence-electron chi connectivity index (χ2n) is 15.6. The standard InChI is InChI=1S/C47H89NO4/c1-3-5-7-9-11-13-15-17-18-19-20-21-22-23-24-25-26-27-29-31-33-35-37-39-41-46(51)45(43-49)48-47(52)42-44(50)40-38-36-34-32-30-28-16-14-12-10-8-6-4-2/h14,16,31,33,39,41,44-46,49-51H,3-13,15,17-30,32,34-38,40,42-43H2,1-2H3,(H,48,52)/b16-14-,33-31+,41-39+. The Bertz CT molecular complexity index is 809. The van der Waals surface area contributed by atoms with E-state index in [1.165, 1.54) is 161 Å². The van der Waals surface area contributed by atoms with Crippen molar-refractivity contribution in [2.24, 2.45) is 0 Å². The summed E-state index contributed by atoms with van der Waals surface area (Å²) in [6, 6.07) is -0.763. The molecule has 0 saturated heterocycles. The Labute approximate surface area is 324 Å². The zero-order valence-electron chi connectivity index (χ0n) is 34.7. The Morgan fingerprint density at radius 2 is 0.827 bits per heavy atom. The number of carbonyl (C=O) groups excluding carboxylic acids is 1. The molecule has 0 aliphatic rings. The molecule has 4 N–H and O–H groups in total. The topological polar surface area (TPSA) is 89.8 Å². The number of nitrogens with one attached hydrogen (secondary N) is 1. The molecule has 0 spiro atoms. The van der Waals surface area contributed by atoms with Crippen LogP contribution in [0, 0.1) is 0 Å². The van der Waals surface area contributed by atoms with Crippen LogP contribution in [0.2, 0.25) is 0 Å². The lowest BCUT2D eigenvalue weighted by Gasteiger charge is -2.20. The van der Waals surface area contributed by atoms with E-state index in [9.17, 15) is 20.1 Å². The second-order valence-corrected chi connectivity index (χ2v) is 15.6. The molecule has 0 aliphatic carbocycles. The second kappa shape index (κ2) is 42.3. The summed E-state index contributed by atoms with van der Waals surface area (Å²) in [7, 11) is 0. The number of amides is 1. The van der Waals surface area contributed by atoms with Crippen LogP contribution in [0.25, 0.3) is 0 Å². The Morgan fingerprint density at radius 3 is 1.25 bits per heavy atom. The number of hydrogen-bond acceptors (Lipinski definition) is 4. The number of allylic oxidation sites excluding steroid dienone is 5. The quantitative estimate of drug-likeness (QED) is 0.0372. The monoisotopic (exact) mass is 732 g/mol. The van der Waals surface area contributed by atoms with Crippen molar-refractivity contribution < 1.29 is 20.1 Å². The third-order valence-electron chi connectivity index (χ3n) is 10.4. The third kappa shape index (κ3) is 38.3. The largest absolute Gasteiger partial charge is 0.394 e. The van der Waals surface area contributed by atoms with Crippen molar-refractivity contribution in [2.75, 3.05) is 6.61 Å². The van der Waals surface area contributed by atoms with Crippen LogP contribution < -0.4 is 5.32 Å². The molecule has 3 atom stereocenters. The maximum absolute atomic E-state index is 12.4. The van der Waals surface area contributed by atoms with Crippen LogP contribution in [0.15, 0.2) is 36.5 Å². The molecule has 52 heavy (non-hydrogen) atoms. The first-order valence-electron chi connectivity index (χ1n) is 22.8. The van der Waals surface area contributed by atoms with E-state index >= 15 is 0 Å². The molecule has 5 nitrogen and oxygen atoms in total. The van der Waals surface area contributed by atoms with Gasteiger partial charge in [-0.1, -0.05) is 204 Å². The Hall–Kier alpha value is -1.43. The van der Waals surface area contributed by atoms with Crippen LogP contribution in [-0.2, 0) is 4.79 Å². The summed E-state index contributed by atoms with van der Waals surface area (Å²) < 4.78 is 0. The highest BCUT2D eigenvalue weighted by atomic mass is 16.3. The van der Waals surface area contributed by atoms with Crippen molar-refractivity contribution in [3.05, 3.63) is 36.5 Å².